The molecule has 100 valence electrons. The number of hydrogen-bond acceptors (Lipinski definition) is 6. The summed E-state index contributed by atoms with van der Waals surface area (Å²) < 4.78 is 10.3. The van der Waals surface area contributed by atoms with E-state index in [4.69, 9.17) is 15.2 Å². The molecule has 0 radical (unpaired) electrons. The summed E-state index contributed by atoms with van der Waals surface area (Å²) in [5.41, 5.74) is 5.78. The maximum Gasteiger partial charge on any atom is 0.136 e. The standard InChI is InChI=1S/C12H20N4O2/c1-17-7-9(18-2)6-14-11-5-10(13)15-12(16-11)8-3-4-8/h5,8-9H,3-4,6-7H2,1-2H3,(H3,13,14,15,16). The van der Waals surface area contributed by atoms with Crippen molar-refractivity contribution in [2.45, 2.75) is 24.9 Å². The highest BCUT2D eigenvalue weighted by Crippen LogP contribution is 2.38. The lowest BCUT2D eigenvalue weighted by Crippen LogP contribution is -2.27. The van der Waals surface area contributed by atoms with Crippen molar-refractivity contribution in [2.24, 2.45) is 0 Å². The van der Waals surface area contributed by atoms with Crippen molar-refractivity contribution < 1.29 is 9.47 Å². The molecule has 0 spiro atoms. The number of methoxy groups -OCH3 is 2. The van der Waals surface area contributed by atoms with Gasteiger partial charge in [-0.05, 0) is 12.8 Å². The van der Waals surface area contributed by atoms with Crippen molar-refractivity contribution in [1.29, 1.82) is 0 Å². The fraction of sp³-hybridized carbons (Fsp3) is 0.667. The topological polar surface area (TPSA) is 82.3 Å². The van der Waals surface area contributed by atoms with Gasteiger partial charge < -0.3 is 20.5 Å². The third kappa shape index (κ3) is 3.54. The molecule has 1 fully saturated rings. The first-order valence-corrected chi connectivity index (χ1v) is 6.13. The molecule has 0 aliphatic heterocycles. The predicted molar refractivity (Wildman–Crippen MR) is 69.6 cm³/mol. The fourth-order valence-electron chi connectivity index (χ4n) is 1.71. The van der Waals surface area contributed by atoms with Crippen LogP contribution in [0.1, 0.15) is 24.6 Å². The molecule has 2 rings (SSSR count). The number of nitrogens with two attached hydrogens (primary N) is 1. The Labute approximate surface area is 107 Å². The van der Waals surface area contributed by atoms with E-state index >= 15 is 0 Å². The molecule has 3 N–H and O–H groups in total. The van der Waals surface area contributed by atoms with Crippen molar-refractivity contribution in [3.05, 3.63) is 11.9 Å². The fourth-order valence-corrected chi connectivity index (χ4v) is 1.71. The molecule has 0 aromatic carbocycles. The second kappa shape index (κ2) is 5.97. The number of hydrogen-bond donors (Lipinski definition) is 2. The maximum atomic E-state index is 5.78. The van der Waals surface area contributed by atoms with E-state index in [0.29, 0.717) is 24.9 Å². The first-order chi connectivity index (χ1) is 8.72. The van der Waals surface area contributed by atoms with Crippen LogP contribution in [0.2, 0.25) is 0 Å². The molecule has 18 heavy (non-hydrogen) atoms. The zero-order valence-electron chi connectivity index (χ0n) is 10.8. The molecule has 1 atom stereocenters. The van der Waals surface area contributed by atoms with Crippen LogP contribution in [0.4, 0.5) is 11.6 Å². The van der Waals surface area contributed by atoms with Gasteiger partial charge in [0.1, 0.15) is 17.5 Å². The van der Waals surface area contributed by atoms with E-state index in [-0.39, 0.29) is 6.10 Å². The Bertz CT molecular complexity index is 396. The third-order valence-electron chi connectivity index (χ3n) is 2.90. The summed E-state index contributed by atoms with van der Waals surface area (Å²) in [5, 5.41) is 3.21. The van der Waals surface area contributed by atoms with Crippen LogP contribution >= 0.6 is 0 Å². The number of nitrogen functional groups attached to an aromatic ring is 1. The van der Waals surface area contributed by atoms with Crippen LogP contribution in [0, 0.1) is 0 Å². The van der Waals surface area contributed by atoms with Crippen molar-refractivity contribution in [2.75, 3.05) is 38.4 Å². The Kier molecular flexibility index (Phi) is 4.33. The molecule has 1 unspecified atom stereocenters. The molecule has 6 nitrogen and oxygen atoms in total. The molecule has 1 saturated carbocycles. The summed E-state index contributed by atoms with van der Waals surface area (Å²) in [6, 6.07) is 1.74. The Morgan fingerprint density at radius 2 is 2.22 bits per heavy atom. The SMILES string of the molecule is COCC(CNc1cc(N)nc(C2CC2)n1)OC. The van der Waals surface area contributed by atoms with E-state index in [1.807, 2.05) is 0 Å². The lowest BCUT2D eigenvalue weighted by molar-refractivity contribution is 0.0365. The van der Waals surface area contributed by atoms with Gasteiger partial charge in [-0.2, -0.15) is 0 Å². The van der Waals surface area contributed by atoms with Gasteiger partial charge in [0.25, 0.3) is 0 Å². The van der Waals surface area contributed by atoms with Gasteiger partial charge in [0.15, 0.2) is 0 Å². The normalized spacial score (nSPS) is 16.6. The number of ether oxygens (including phenoxy) is 2. The number of nitrogens with zero attached hydrogens (tertiary/aromatic N) is 2. The highest BCUT2D eigenvalue weighted by molar-refractivity contribution is 5.45. The summed E-state index contributed by atoms with van der Waals surface area (Å²) in [5.74, 6) is 2.60. The van der Waals surface area contributed by atoms with Crippen LogP contribution < -0.4 is 11.1 Å². The molecule has 0 saturated heterocycles. The molecule has 0 bridgehead atoms. The van der Waals surface area contributed by atoms with Gasteiger partial charge in [-0.3, -0.25) is 0 Å². The lowest BCUT2D eigenvalue weighted by Gasteiger charge is -2.15. The lowest BCUT2D eigenvalue weighted by atomic mass is 10.3. The van der Waals surface area contributed by atoms with Crippen molar-refractivity contribution in [3.8, 4) is 0 Å². The number of nitrogens with one attached hydrogen (secondary N) is 1. The van der Waals surface area contributed by atoms with Crippen molar-refractivity contribution in [3.63, 3.8) is 0 Å². The third-order valence-corrected chi connectivity index (χ3v) is 2.90. The molecule has 0 amide bonds. The molecule has 1 aliphatic carbocycles. The summed E-state index contributed by atoms with van der Waals surface area (Å²) >= 11 is 0. The van der Waals surface area contributed by atoms with E-state index in [1.54, 1.807) is 20.3 Å². The minimum absolute atomic E-state index is 0.00411. The second-order valence-corrected chi connectivity index (χ2v) is 4.50. The Morgan fingerprint density at radius 3 is 2.83 bits per heavy atom. The minimum atomic E-state index is -0.00411. The monoisotopic (exact) mass is 252 g/mol. The molecule has 1 aromatic heterocycles. The smallest absolute Gasteiger partial charge is 0.136 e. The number of aromatic nitrogens is 2. The largest absolute Gasteiger partial charge is 0.384 e. The zero-order chi connectivity index (χ0) is 13.0. The zero-order valence-corrected chi connectivity index (χ0v) is 10.8. The van der Waals surface area contributed by atoms with Gasteiger partial charge in [0, 0.05) is 32.7 Å². The van der Waals surface area contributed by atoms with E-state index in [0.717, 1.165) is 24.5 Å². The van der Waals surface area contributed by atoms with Crippen LogP contribution in [0.25, 0.3) is 0 Å². The van der Waals surface area contributed by atoms with Crippen LogP contribution in [-0.4, -0.2) is 43.4 Å². The molecular formula is C12H20N4O2. The van der Waals surface area contributed by atoms with Gasteiger partial charge in [-0.1, -0.05) is 0 Å². The van der Waals surface area contributed by atoms with E-state index < -0.39 is 0 Å². The highest BCUT2D eigenvalue weighted by Gasteiger charge is 2.27. The predicted octanol–water partition coefficient (Wildman–Crippen LogP) is 1.01. The quantitative estimate of drug-likeness (QED) is 0.753. The van der Waals surface area contributed by atoms with Crippen molar-refractivity contribution in [1.82, 2.24) is 9.97 Å². The van der Waals surface area contributed by atoms with Gasteiger partial charge >= 0.3 is 0 Å². The summed E-state index contributed by atoms with van der Waals surface area (Å²) in [6.45, 7) is 1.17. The van der Waals surface area contributed by atoms with Gasteiger partial charge in [-0.25, -0.2) is 9.97 Å². The molecular weight excluding hydrogens is 232 g/mol. The first-order valence-electron chi connectivity index (χ1n) is 6.13. The van der Waals surface area contributed by atoms with Gasteiger partial charge in [0.05, 0.1) is 12.7 Å². The average Bonchev–Trinajstić information content (AvgIpc) is 3.18. The summed E-state index contributed by atoms with van der Waals surface area (Å²) in [7, 11) is 3.31. The summed E-state index contributed by atoms with van der Waals surface area (Å²) in [6.07, 6.45) is 2.32. The number of rotatable bonds is 7. The Balaban J connectivity index is 1.95. The van der Waals surface area contributed by atoms with E-state index in [9.17, 15) is 0 Å². The summed E-state index contributed by atoms with van der Waals surface area (Å²) in [4.78, 5) is 8.71. The van der Waals surface area contributed by atoms with E-state index in [1.165, 1.54) is 0 Å². The molecule has 1 aromatic rings. The molecule has 1 aliphatic rings. The minimum Gasteiger partial charge on any atom is -0.384 e. The molecule has 6 heteroatoms. The van der Waals surface area contributed by atoms with E-state index in [2.05, 4.69) is 15.3 Å². The van der Waals surface area contributed by atoms with Crippen molar-refractivity contribution >= 4 is 11.6 Å². The average molecular weight is 252 g/mol. The van der Waals surface area contributed by atoms with Gasteiger partial charge in [0.2, 0.25) is 0 Å². The Hall–Kier alpha value is -1.40. The van der Waals surface area contributed by atoms with Crippen LogP contribution in [0.5, 0.6) is 0 Å². The molecule has 1 heterocycles. The van der Waals surface area contributed by atoms with Crippen LogP contribution in [-0.2, 0) is 9.47 Å². The van der Waals surface area contributed by atoms with Crippen LogP contribution in [0.3, 0.4) is 0 Å². The highest BCUT2D eigenvalue weighted by atomic mass is 16.5. The Morgan fingerprint density at radius 1 is 1.44 bits per heavy atom. The number of anilines is 2. The first kappa shape index (κ1) is 13.0. The second-order valence-electron chi connectivity index (χ2n) is 4.50. The maximum absolute atomic E-state index is 5.78. The van der Waals surface area contributed by atoms with Crippen LogP contribution in [0.15, 0.2) is 6.07 Å². The van der Waals surface area contributed by atoms with Gasteiger partial charge in [-0.15, -0.1) is 0 Å².